The number of anilines is 4. The number of pyridine rings is 1. The van der Waals surface area contributed by atoms with Crippen molar-refractivity contribution in [2.75, 3.05) is 42.3 Å². The van der Waals surface area contributed by atoms with E-state index in [0.29, 0.717) is 5.82 Å². The van der Waals surface area contributed by atoms with E-state index in [0.717, 1.165) is 48.9 Å². The molecule has 3 heterocycles. The summed E-state index contributed by atoms with van der Waals surface area (Å²) in [5, 5.41) is 7.55. The van der Waals surface area contributed by atoms with E-state index in [1.807, 2.05) is 19.2 Å². The minimum atomic E-state index is 0.636. The van der Waals surface area contributed by atoms with E-state index in [2.05, 4.69) is 44.6 Å². The largest absolute Gasteiger partial charge is 0.383 e. The van der Waals surface area contributed by atoms with Crippen LogP contribution >= 0.6 is 0 Å². The normalized spacial score (nSPS) is 14.4. The Balaban J connectivity index is 1.50. The first kappa shape index (κ1) is 16.4. The molecule has 0 amide bonds. The minimum absolute atomic E-state index is 0.636. The Morgan fingerprint density at radius 3 is 2.58 bits per heavy atom. The van der Waals surface area contributed by atoms with Crippen molar-refractivity contribution in [3.63, 3.8) is 0 Å². The number of nitrogens with two attached hydrogens (primary N) is 1. The van der Waals surface area contributed by atoms with E-state index >= 15 is 0 Å². The zero-order valence-electron chi connectivity index (χ0n) is 14.7. The zero-order chi connectivity index (χ0) is 17.9. The maximum Gasteiger partial charge on any atom is 0.130 e. The fourth-order valence-electron chi connectivity index (χ4n) is 3.06. The summed E-state index contributed by atoms with van der Waals surface area (Å²) in [6.07, 6.45) is 3.54. The molecular weight excluding hydrogens is 328 g/mol. The van der Waals surface area contributed by atoms with Crippen LogP contribution in [0.2, 0.25) is 0 Å². The average Bonchev–Trinajstić information content (AvgIpc) is 3.02. The van der Waals surface area contributed by atoms with Crippen LogP contribution in [0.4, 0.5) is 23.0 Å². The van der Waals surface area contributed by atoms with Crippen LogP contribution in [0.5, 0.6) is 0 Å². The van der Waals surface area contributed by atoms with Gasteiger partial charge in [-0.15, -0.1) is 0 Å². The predicted molar refractivity (Wildman–Crippen MR) is 104 cm³/mol. The van der Waals surface area contributed by atoms with Crippen LogP contribution in [-0.2, 0) is 11.8 Å². The first-order valence-electron chi connectivity index (χ1n) is 8.64. The van der Waals surface area contributed by atoms with Gasteiger partial charge in [0.2, 0.25) is 0 Å². The van der Waals surface area contributed by atoms with Gasteiger partial charge in [-0.25, -0.2) is 4.98 Å². The summed E-state index contributed by atoms with van der Waals surface area (Å²) in [4.78, 5) is 6.73. The van der Waals surface area contributed by atoms with Gasteiger partial charge in [0, 0.05) is 43.3 Å². The van der Waals surface area contributed by atoms with Crippen LogP contribution in [0, 0.1) is 0 Å². The van der Waals surface area contributed by atoms with Crippen LogP contribution in [-0.4, -0.2) is 41.1 Å². The number of nitrogen functional groups attached to an aromatic ring is 1. The maximum absolute atomic E-state index is 6.07. The van der Waals surface area contributed by atoms with Gasteiger partial charge in [-0.05, 0) is 42.0 Å². The van der Waals surface area contributed by atoms with Crippen molar-refractivity contribution >= 4 is 23.0 Å². The second-order valence-corrected chi connectivity index (χ2v) is 6.27. The molecule has 26 heavy (non-hydrogen) atoms. The van der Waals surface area contributed by atoms with Gasteiger partial charge in [-0.3, -0.25) is 4.68 Å². The standard InChI is InChI=1S/C19H22N6O/c1-24-19(20)17(13-22-24)14-6-7-21-18(12-14)23-15-2-4-16(5-3-15)25-8-10-26-11-9-25/h2-7,12-13H,8-11,20H2,1H3,(H,21,23). The number of hydrogen-bond donors (Lipinski definition) is 2. The third kappa shape index (κ3) is 3.34. The number of rotatable bonds is 4. The Labute approximate surface area is 152 Å². The molecule has 0 spiro atoms. The summed E-state index contributed by atoms with van der Waals surface area (Å²) in [6.45, 7) is 3.44. The lowest BCUT2D eigenvalue weighted by molar-refractivity contribution is 0.122. The fraction of sp³-hybridized carbons (Fsp3) is 0.263. The second-order valence-electron chi connectivity index (χ2n) is 6.27. The highest BCUT2D eigenvalue weighted by molar-refractivity contribution is 5.76. The molecule has 0 atom stereocenters. The molecule has 3 N–H and O–H groups in total. The number of benzene rings is 1. The van der Waals surface area contributed by atoms with E-state index in [4.69, 9.17) is 10.5 Å². The van der Waals surface area contributed by atoms with Crippen LogP contribution in [0.3, 0.4) is 0 Å². The second kappa shape index (κ2) is 7.05. The monoisotopic (exact) mass is 350 g/mol. The molecule has 0 bridgehead atoms. The first-order valence-corrected chi connectivity index (χ1v) is 8.64. The number of ether oxygens (including phenoxy) is 1. The van der Waals surface area contributed by atoms with Crippen molar-refractivity contribution < 1.29 is 4.74 Å². The van der Waals surface area contributed by atoms with Crippen molar-refractivity contribution in [2.24, 2.45) is 7.05 Å². The molecule has 1 aliphatic heterocycles. The van der Waals surface area contributed by atoms with Crippen molar-refractivity contribution in [3.05, 3.63) is 48.8 Å². The molecule has 1 fully saturated rings. The van der Waals surface area contributed by atoms with Gasteiger partial charge in [-0.1, -0.05) is 0 Å². The van der Waals surface area contributed by atoms with Gasteiger partial charge in [-0.2, -0.15) is 5.10 Å². The van der Waals surface area contributed by atoms with Gasteiger partial charge in [0.25, 0.3) is 0 Å². The quantitative estimate of drug-likeness (QED) is 0.753. The van der Waals surface area contributed by atoms with Crippen molar-refractivity contribution in [3.8, 4) is 11.1 Å². The molecule has 4 rings (SSSR count). The lowest BCUT2D eigenvalue weighted by Crippen LogP contribution is -2.36. The number of nitrogens with zero attached hydrogens (tertiary/aromatic N) is 4. The molecule has 1 aliphatic rings. The smallest absolute Gasteiger partial charge is 0.130 e. The molecule has 0 aliphatic carbocycles. The Bertz CT molecular complexity index is 883. The molecule has 134 valence electrons. The number of nitrogens with one attached hydrogen (secondary N) is 1. The molecule has 0 radical (unpaired) electrons. The molecule has 2 aromatic heterocycles. The van der Waals surface area contributed by atoms with Gasteiger partial charge in [0.15, 0.2) is 0 Å². The predicted octanol–water partition coefficient (Wildman–Crippen LogP) is 2.64. The summed E-state index contributed by atoms with van der Waals surface area (Å²) in [6, 6.07) is 12.3. The molecular formula is C19H22N6O. The Hall–Kier alpha value is -3.06. The molecule has 0 saturated carbocycles. The molecule has 3 aromatic rings. The van der Waals surface area contributed by atoms with Crippen molar-refractivity contribution in [1.82, 2.24) is 14.8 Å². The van der Waals surface area contributed by atoms with E-state index in [9.17, 15) is 0 Å². The Morgan fingerprint density at radius 1 is 1.12 bits per heavy atom. The summed E-state index contributed by atoms with van der Waals surface area (Å²) in [5.74, 6) is 1.40. The lowest BCUT2D eigenvalue weighted by atomic mass is 10.1. The van der Waals surface area contributed by atoms with Crippen molar-refractivity contribution in [2.45, 2.75) is 0 Å². The van der Waals surface area contributed by atoms with E-state index < -0.39 is 0 Å². The van der Waals surface area contributed by atoms with E-state index in [1.165, 1.54) is 5.69 Å². The van der Waals surface area contributed by atoms with Crippen molar-refractivity contribution in [1.29, 1.82) is 0 Å². The zero-order valence-corrected chi connectivity index (χ0v) is 14.7. The highest BCUT2D eigenvalue weighted by Crippen LogP contribution is 2.27. The van der Waals surface area contributed by atoms with Crippen LogP contribution in [0.15, 0.2) is 48.8 Å². The fourth-order valence-corrected chi connectivity index (χ4v) is 3.06. The number of aromatic nitrogens is 3. The third-order valence-electron chi connectivity index (χ3n) is 4.57. The summed E-state index contributed by atoms with van der Waals surface area (Å²) in [5.41, 5.74) is 10.2. The Kier molecular flexibility index (Phi) is 4.45. The molecule has 1 aromatic carbocycles. The molecule has 0 unspecified atom stereocenters. The topological polar surface area (TPSA) is 81.2 Å². The summed E-state index contributed by atoms with van der Waals surface area (Å²) < 4.78 is 7.06. The van der Waals surface area contributed by atoms with Crippen LogP contribution in [0.1, 0.15) is 0 Å². The van der Waals surface area contributed by atoms with Gasteiger partial charge < -0.3 is 20.7 Å². The number of hydrogen-bond acceptors (Lipinski definition) is 6. The van der Waals surface area contributed by atoms with Crippen LogP contribution < -0.4 is 16.0 Å². The van der Waals surface area contributed by atoms with E-state index in [1.54, 1.807) is 17.1 Å². The Morgan fingerprint density at radius 2 is 1.88 bits per heavy atom. The third-order valence-corrected chi connectivity index (χ3v) is 4.57. The van der Waals surface area contributed by atoms with Crippen LogP contribution in [0.25, 0.3) is 11.1 Å². The minimum Gasteiger partial charge on any atom is -0.383 e. The van der Waals surface area contributed by atoms with E-state index in [-0.39, 0.29) is 0 Å². The van der Waals surface area contributed by atoms with Gasteiger partial charge in [0.1, 0.15) is 11.6 Å². The SMILES string of the molecule is Cn1ncc(-c2ccnc(Nc3ccc(N4CCOCC4)cc3)c2)c1N. The maximum atomic E-state index is 6.07. The molecule has 1 saturated heterocycles. The molecule has 7 nitrogen and oxygen atoms in total. The molecule has 7 heteroatoms. The lowest BCUT2D eigenvalue weighted by Gasteiger charge is -2.28. The number of aryl methyl sites for hydroxylation is 1. The van der Waals surface area contributed by atoms with Gasteiger partial charge in [0.05, 0.1) is 19.4 Å². The highest BCUT2D eigenvalue weighted by atomic mass is 16.5. The number of morpholine rings is 1. The first-order chi connectivity index (χ1) is 12.7. The van der Waals surface area contributed by atoms with Gasteiger partial charge >= 0.3 is 0 Å². The highest BCUT2D eigenvalue weighted by Gasteiger charge is 2.11. The summed E-state index contributed by atoms with van der Waals surface area (Å²) in [7, 11) is 1.83. The average molecular weight is 350 g/mol. The summed E-state index contributed by atoms with van der Waals surface area (Å²) >= 11 is 0.